The molecule has 0 saturated carbocycles. The van der Waals surface area contributed by atoms with Crippen LogP contribution in [0, 0.1) is 0 Å². The fourth-order valence-electron chi connectivity index (χ4n) is 2.11. The van der Waals surface area contributed by atoms with Crippen LogP contribution in [0.4, 0.5) is 4.79 Å². The Morgan fingerprint density at radius 1 is 1.32 bits per heavy atom. The number of nitrogens with zero attached hydrogens (tertiary/aromatic N) is 1. The van der Waals surface area contributed by atoms with Crippen molar-refractivity contribution in [3.63, 3.8) is 0 Å². The third kappa shape index (κ3) is 2.92. The molecule has 1 aromatic rings. The maximum absolute atomic E-state index is 12.0. The summed E-state index contributed by atoms with van der Waals surface area (Å²) in [5.74, 6) is -0.203. The van der Waals surface area contributed by atoms with Gasteiger partial charge in [-0.2, -0.15) is 0 Å². The van der Waals surface area contributed by atoms with Crippen LogP contribution in [-0.2, 0) is 17.7 Å². The Bertz CT molecular complexity index is 505. The molecule has 1 amide bonds. The number of carbonyl (C=O) groups excluding carboxylic acids is 1. The number of phenols is 2. The highest BCUT2D eigenvalue weighted by Gasteiger charge is 2.27. The van der Waals surface area contributed by atoms with E-state index in [9.17, 15) is 15.0 Å². The summed E-state index contributed by atoms with van der Waals surface area (Å²) in [7, 11) is 0. The molecule has 0 atom stereocenters. The zero-order valence-electron chi connectivity index (χ0n) is 11.4. The Morgan fingerprint density at radius 3 is 2.63 bits per heavy atom. The second-order valence-corrected chi connectivity index (χ2v) is 5.72. The molecule has 1 heterocycles. The van der Waals surface area contributed by atoms with Gasteiger partial charge in [0.15, 0.2) is 11.5 Å². The molecule has 0 radical (unpaired) electrons. The van der Waals surface area contributed by atoms with Crippen molar-refractivity contribution in [3.05, 3.63) is 23.3 Å². The molecule has 1 aliphatic rings. The first-order valence-electron chi connectivity index (χ1n) is 6.28. The molecule has 0 fully saturated rings. The van der Waals surface area contributed by atoms with Gasteiger partial charge in [-0.05, 0) is 38.8 Å². The van der Waals surface area contributed by atoms with Crippen LogP contribution < -0.4 is 0 Å². The van der Waals surface area contributed by atoms with Gasteiger partial charge in [0, 0.05) is 18.7 Å². The number of hydrogen-bond acceptors (Lipinski definition) is 4. The lowest BCUT2D eigenvalue weighted by molar-refractivity contribution is 0.0223. The summed E-state index contributed by atoms with van der Waals surface area (Å²) >= 11 is 0. The first-order valence-corrected chi connectivity index (χ1v) is 6.28. The molecule has 0 spiro atoms. The van der Waals surface area contributed by atoms with Crippen LogP contribution >= 0.6 is 0 Å². The van der Waals surface area contributed by atoms with E-state index in [1.807, 2.05) is 20.8 Å². The van der Waals surface area contributed by atoms with Gasteiger partial charge in [-0.3, -0.25) is 0 Å². The fraction of sp³-hybridized carbons (Fsp3) is 0.500. The monoisotopic (exact) mass is 265 g/mol. The number of carbonyl (C=O) groups is 1. The minimum Gasteiger partial charge on any atom is -0.504 e. The average Bonchev–Trinajstić information content (AvgIpc) is 2.31. The zero-order valence-corrected chi connectivity index (χ0v) is 11.4. The van der Waals surface area contributed by atoms with E-state index in [0.717, 1.165) is 5.56 Å². The smallest absolute Gasteiger partial charge is 0.410 e. The Labute approximate surface area is 112 Å². The third-order valence-electron chi connectivity index (χ3n) is 3.00. The highest BCUT2D eigenvalue weighted by molar-refractivity contribution is 5.69. The summed E-state index contributed by atoms with van der Waals surface area (Å²) in [5, 5.41) is 19.2. The van der Waals surface area contributed by atoms with E-state index < -0.39 is 5.60 Å². The van der Waals surface area contributed by atoms with Crippen molar-refractivity contribution in [2.75, 3.05) is 6.54 Å². The van der Waals surface area contributed by atoms with E-state index in [-0.39, 0.29) is 17.6 Å². The van der Waals surface area contributed by atoms with E-state index in [2.05, 4.69) is 0 Å². The van der Waals surface area contributed by atoms with Crippen molar-refractivity contribution in [1.82, 2.24) is 4.90 Å². The molecule has 2 N–H and O–H groups in total. The second kappa shape index (κ2) is 4.64. The van der Waals surface area contributed by atoms with Crippen LogP contribution in [0.2, 0.25) is 0 Å². The Morgan fingerprint density at radius 2 is 2.00 bits per heavy atom. The first kappa shape index (κ1) is 13.5. The number of phenolic OH excluding ortho intramolecular Hbond substituents is 2. The van der Waals surface area contributed by atoms with Gasteiger partial charge in [0.05, 0.1) is 0 Å². The number of benzene rings is 1. The summed E-state index contributed by atoms with van der Waals surface area (Å²) in [4.78, 5) is 13.6. The number of fused-ring (bicyclic) bond motifs is 1. The maximum Gasteiger partial charge on any atom is 0.410 e. The summed E-state index contributed by atoms with van der Waals surface area (Å²) in [6, 6.07) is 3.16. The Balaban J connectivity index is 2.15. The van der Waals surface area contributed by atoms with Gasteiger partial charge in [-0.15, -0.1) is 0 Å². The van der Waals surface area contributed by atoms with E-state index in [4.69, 9.17) is 4.74 Å². The summed E-state index contributed by atoms with van der Waals surface area (Å²) < 4.78 is 5.32. The van der Waals surface area contributed by atoms with E-state index >= 15 is 0 Å². The van der Waals surface area contributed by atoms with Crippen molar-refractivity contribution in [3.8, 4) is 11.5 Å². The number of amides is 1. The van der Waals surface area contributed by atoms with Gasteiger partial charge >= 0.3 is 6.09 Å². The van der Waals surface area contributed by atoms with Gasteiger partial charge in [0.25, 0.3) is 0 Å². The molecule has 0 aliphatic carbocycles. The molecule has 2 rings (SSSR count). The molecular formula is C14H19NO4. The summed E-state index contributed by atoms with van der Waals surface area (Å²) in [6.45, 7) is 6.34. The minimum absolute atomic E-state index is 0.0821. The number of rotatable bonds is 0. The standard InChI is InChI=1S/C14H19NO4/c1-14(2,3)19-13(18)15-7-6-10-9(8-15)4-5-11(16)12(10)17/h4-5,16-17H,6-8H2,1-3H3. The quantitative estimate of drug-likeness (QED) is 0.707. The van der Waals surface area contributed by atoms with E-state index in [0.29, 0.717) is 25.1 Å². The number of aromatic hydroxyl groups is 2. The lowest BCUT2D eigenvalue weighted by atomic mass is 9.98. The lowest BCUT2D eigenvalue weighted by Crippen LogP contribution is -2.39. The van der Waals surface area contributed by atoms with Crippen molar-refractivity contribution in [1.29, 1.82) is 0 Å². The first-order chi connectivity index (χ1) is 8.78. The predicted octanol–water partition coefficient (Wildman–Crippen LogP) is 2.39. The largest absolute Gasteiger partial charge is 0.504 e. The highest BCUT2D eigenvalue weighted by Crippen LogP contribution is 2.34. The zero-order chi connectivity index (χ0) is 14.2. The van der Waals surface area contributed by atoms with Gasteiger partial charge in [-0.25, -0.2) is 4.79 Å². The van der Waals surface area contributed by atoms with Crippen molar-refractivity contribution < 1.29 is 19.7 Å². The number of hydrogen-bond donors (Lipinski definition) is 2. The maximum atomic E-state index is 12.0. The van der Waals surface area contributed by atoms with Crippen LogP contribution in [-0.4, -0.2) is 33.4 Å². The van der Waals surface area contributed by atoms with Crippen LogP contribution in [0.25, 0.3) is 0 Å². The second-order valence-electron chi connectivity index (χ2n) is 5.72. The molecule has 0 aromatic heterocycles. The molecule has 5 nitrogen and oxygen atoms in total. The fourth-order valence-corrected chi connectivity index (χ4v) is 2.11. The molecule has 0 unspecified atom stereocenters. The SMILES string of the molecule is CC(C)(C)OC(=O)N1CCc2c(ccc(O)c2O)C1. The lowest BCUT2D eigenvalue weighted by Gasteiger charge is -2.31. The minimum atomic E-state index is -0.519. The third-order valence-corrected chi connectivity index (χ3v) is 3.00. The molecular weight excluding hydrogens is 246 g/mol. The van der Waals surface area contributed by atoms with Crippen LogP contribution in [0.1, 0.15) is 31.9 Å². The average molecular weight is 265 g/mol. The Hall–Kier alpha value is -1.91. The highest BCUT2D eigenvalue weighted by atomic mass is 16.6. The van der Waals surface area contributed by atoms with Crippen molar-refractivity contribution >= 4 is 6.09 Å². The predicted molar refractivity (Wildman–Crippen MR) is 70.1 cm³/mol. The van der Waals surface area contributed by atoms with Gasteiger partial charge in [0.1, 0.15) is 5.60 Å². The molecule has 1 aliphatic heterocycles. The molecule has 5 heteroatoms. The molecule has 0 saturated heterocycles. The Kier molecular flexibility index (Phi) is 3.30. The summed E-state index contributed by atoms with van der Waals surface area (Å²) in [5.41, 5.74) is 1.03. The van der Waals surface area contributed by atoms with Gasteiger partial charge < -0.3 is 19.8 Å². The summed E-state index contributed by atoms with van der Waals surface area (Å²) in [6.07, 6.45) is 0.153. The molecule has 19 heavy (non-hydrogen) atoms. The number of ether oxygens (including phenoxy) is 1. The molecule has 0 bridgehead atoms. The van der Waals surface area contributed by atoms with Crippen molar-refractivity contribution in [2.24, 2.45) is 0 Å². The van der Waals surface area contributed by atoms with Gasteiger partial charge in [0.2, 0.25) is 0 Å². The van der Waals surface area contributed by atoms with E-state index in [1.165, 1.54) is 6.07 Å². The normalized spacial score (nSPS) is 15.0. The van der Waals surface area contributed by atoms with Crippen LogP contribution in [0.5, 0.6) is 11.5 Å². The van der Waals surface area contributed by atoms with Gasteiger partial charge in [-0.1, -0.05) is 6.07 Å². The van der Waals surface area contributed by atoms with Crippen LogP contribution in [0.15, 0.2) is 12.1 Å². The molecule has 104 valence electrons. The molecule has 1 aromatic carbocycles. The van der Waals surface area contributed by atoms with E-state index in [1.54, 1.807) is 11.0 Å². The topological polar surface area (TPSA) is 70.0 Å². The van der Waals surface area contributed by atoms with Crippen LogP contribution in [0.3, 0.4) is 0 Å². The van der Waals surface area contributed by atoms with Crippen molar-refractivity contribution in [2.45, 2.75) is 39.3 Å².